The molecule has 1 aromatic heterocycles. The van der Waals surface area contributed by atoms with E-state index in [2.05, 4.69) is 36.5 Å². The van der Waals surface area contributed by atoms with Gasteiger partial charge in [0.25, 0.3) is 0 Å². The lowest BCUT2D eigenvalue weighted by Gasteiger charge is -2.16. The van der Waals surface area contributed by atoms with Gasteiger partial charge in [-0.25, -0.2) is 4.98 Å². The summed E-state index contributed by atoms with van der Waals surface area (Å²) in [6.07, 6.45) is 9.19. The Morgan fingerprint density at radius 1 is 1.17 bits per heavy atom. The Bertz CT molecular complexity index is 309. The van der Waals surface area contributed by atoms with Crippen LogP contribution in [0.4, 0.5) is 0 Å². The Morgan fingerprint density at radius 2 is 1.94 bits per heavy atom. The largest absolute Gasteiger partial charge is 0.308 e. The van der Waals surface area contributed by atoms with Gasteiger partial charge in [0.2, 0.25) is 0 Å². The molecular weight excluding hydrogens is 240 g/mol. The summed E-state index contributed by atoms with van der Waals surface area (Å²) < 4.78 is 0. The van der Waals surface area contributed by atoms with Crippen LogP contribution >= 0.6 is 11.3 Å². The van der Waals surface area contributed by atoms with Crippen molar-refractivity contribution in [3.05, 3.63) is 16.1 Å². The lowest BCUT2D eigenvalue weighted by Crippen LogP contribution is -2.22. The van der Waals surface area contributed by atoms with Crippen LogP contribution in [0.3, 0.4) is 0 Å². The molecule has 2 nitrogen and oxygen atoms in total. The number of hydrogen-bond acceptors (Lipinski definition) is 3. The van der Waals surface area contributed by atoms with Crippen LogP contribution in [0, 0.1) is 6.92 Å². The predicted molar refractivity (Wildman–Crippen MR) is 81.3 cm³/mol. The van der Waals surface area contributed by atoms with E-state index in [1.54, 1.807) is 11.3 Å². The van der Waals surface area contributed by atoms with E-state index < -0.39 is 0 Å². The Kier molecular flexibility index (Phi) is 8.27. The number of nitrogens with one attached hydrogen (secondary N) is 1. The number of aromatic nitrogens is 1. The monoisotopic (exact) mass is 268 g/mol. The molecule has 0 radical (unpaired) electrons. The van der Waals surface area contributed by atoms with Crippen LogP contribution in [0.1, 0.15) is 75.5 Å². The van der Waals surface area contributed by atoms with Gasteiger partial charge in [0.15, 0.2) is 0 Å². The first kappa shape index (κ1) is 15.6. The summed E-state index contributed by atoms with van der Waals surface area (Å²) in [4.78, 5) is 4.64. The SMILES string of the molecule is CCCCCCCC(NCCC)c1nc(C)cs1. The molecular formula is C15H28N2S. The Balaban J connectivity index is 2.36. The molecule has 0 aliphatic carbocycles. The minimum atomic E-state index is 0.477. The number of aryl methyl sites for hydroxylation is 1. The number of thiazole rings is 1. The highest BCUT2D eigenvalue weighted by atomic mass is 32.1. The van der Waals surface area contributed by atoms with E-state index in [9.17, 15) is 0 Å². The minimum Gasteiger partial charge on any atom is -0.308 e. The number of hydrogen-bond donors (Lipinski definition) is 1. The van der Waals surface area contributed by atoms with Gasteiger partial charge in [-0.2, -0.15) is 0 Å². The van der Waals surface area contributed by atoms with E-state index in [0.29, 0.717) is 6.04 Å². The van der Waals surface area contributed by atoms with E-state index in [4.69, 9.17) is 0 Å². The molecule has 18 heavy (non-hydrogen) atoms. The molecule has 1 aromatic rings. The highest BCUT2D eigenvalue weighted by Crippen LogP contribution is 2.23. The van der Waals surface area contributed by atoms with Crippen molar-refractivity contribution >= 4 is 11.3 Å². The van der Waals surface area contributed by atoms with Gasteiger partial charge < -0.3 is 5.32 Å². The predicted octanol–water partition coefficient (Wildman–Crippen LogP) is 4.85. The first-order valence-corrected chi connectivity index (χ1v) is 8.31. The van der Waals surface area contributed by atoms with Crippen molar-refractivity contribution in [2.75, 3.05) is 6.54 Å². The number of rotatable bonds is 10. The van der Waals surface area contributed by atoms with E-state index in [1.165, 1.54) is 50.0 Å². The second-order valence-corrected chi connectivity index (χ2v) is 5.93. The smallest absolute Gasteiger partial charge is 0.110 e. The molecule has 1 heterocycles. The standard InChI is InChI=1S/C15H28N2S/c1-4-6-7-8-9-10-14(16-11-5-2)15-17-13(3)12-18-15/h12,14,16H,4-11H2,1-3H3. The molecule has 1 rings (SSSR count). The van der Waals surface area contributed by atoms with Crippen LogP contribution in [0.15, 0.2) is 5.38 Å². The van der Waals surface area contributed by atoms with Crippen molar-refractivity contribution in [1.82, 2.24) is 10.3 Å². The molecule has 0 bridgehead atoms. The molecule has 0 aliphatic rings. The molecule has 0 aromatic carbocycles. The molecule has 0 aliphatic heterocycles. The molecule has 0 saturated heterocycles. The Morgan fingerprint density at radius 3 is 2.56 bits per heavy atom. The average Bonchev–Trinajstić information content (AvgIpc) is 2.79. The van der Waals surface area contributed by atoms with Crippen molar-refractivity contribution in [2.24, 2.45) is 0 Å². The summed E-state index contributed by atoms with van der Waals surface area (Å²) >= 11 is 1.80. The fourth-order valence-electron chi connectivity index (χ4n) is 2.12. The molecule has 3 heteroatoms. The van der Waals surface area contributed by atoms with Gasteiger partial charge in [0, 0.05) is 11.1 Å². The summed E-state index contributed by atoms with van der Waals surface area (Å²) in [5.74, 6) is 0. The summed E-state index contributed by atoms with van der Waals surface area (Å²) in [5, 5.41) is 7.07. The molecule has 1 atom stereocenters. The zero-order chi connectivity index (χ0) is 13.2. The summed E-state index contributed by atoms with van der Waals surface area (Å²) in [7, 11) is 0. The van der Waals surface area contributed by atoms with Crippen molar-refractivity contribution in [3.63, 3.8) is 0 Å². The van der Waals surface area contributed by atoms with E-state index in [0.717, 1.165) is 12.2 Å². The third-order valence-corrected chi connectivity index (χ3v) is 4.25. The van der Waals surface area contributed by atoms with Gasteiger partial charge in [0.05, 0.1) is 6.04 Å². The van der Waals surface area contributed by atoms with E-state index in [1.807, 2.05) is 0 Å². The summed E-state index contributed by atoms with van der Waals surface area (Å²) in [6.45, 7) is 7.67. The van der Waals surface area contributed by atoms with Crippen molar-refractivity contribution in [1.29, 1.82) is 0 Å². The zero-order valence-corrected chi connectivity index (χ0v) is 13.0. The number of nitrogens with zero attached hydrogens (tertiary/aromatic N) is 1. The lowest BCUT2D eigenvalue weighted by molar-refractivity contribution is 0.466. The van der Waals surface area contributed by atoms with Crippen LogP contribution in [0.5, 0.6) is 0 Å². The fourth-order valence-corrected chi connectivity index (χ4v) is 3.02. The number of unbranched alkanes of at least 4 members (excludes halogenated alkanes) is 4. The van der Waals surface area contributed by atoms with Gasteiger partial charge in [0.1, 0.15) is 5.01 Å². The molecule has 1 N–H and O–H groups in total. The van der Waals surface area contributed by atoms with Gasteiger partial charge in [-0.3, -0.25) is 0 Å². The molecule has 1 unspecified atom stereocenters. The maximum atomic E-state index is 4.64. The Labute approximate surface area is 116 Å². The third kappa shape index (κ3) is 5.96. The van der Waals surface area contributed by atoms with Crippen LogP contribution in [-0.4, -0.2) is 11.5 Å². The van der Waals surface area contributed by atoms with Crippen molar-refractivity contribution in [2.45, 2.75) is 71.8 Å². The molecule has 0 fully saturated rings. The molecule has 0 saturated carbocycles. The lowest BCUT2D eigenvalue weighted by atomic mass is 10.1. The second kappa shape index (κ2) is 9.51. The molecule has 104 valence electrons. The third-order valence-electron chi connectivity index (χ3n) is 3.17. The first-order chi connectivity index (χ1) is 8.77. The normalized spacial score (nSPS) is 12.8. The second-order valence-electron chi connectivity index (χ2n) is 5.04. The van der Waals surface area contributed by atoms with Crippen LogP contribution in [-0.2, 0) is 0 Å². The first-order valence-electron chi connectivity index (χ1n) is 7.43. The highest BCUT2D eigenvalue weighted by molar-refractivity contribution is 7.09. The average molecular weight is 268 g/mol. The van der Waals surface area contributed by atoms with Gasteiger partial charge in [-0.15, -0.1) is 11.3 Å². The minimum absolute atomic E-state index is 0.477. The highest BCUT2D eigenvalue weighted by Gasteiger charge is 2.13. The van der Waals surface area contributed by atoms with E-state index >= 15 is 0 Å². The van der Waals surface area contributed by atoms with Gasteiger partial charge in [-0.1, -0.05) is 46.0 Å². The van der Waals surface area contributed by atoms with Gasteiger partial charge in [-0.05, 0) is 26.3 Å². The molecule has 0 amide bonds. The van der Waals surface area contributed by atoms with Crippen molar-refractivity contribution < 1.29 is 0 Å². The summed E-state index contributed by atoms with van der Waals surface area (Å²) in [6, 6.07) is 0.477. The maximum Gasteiger partial charge on any atom is 0.110 e. The van der Waals surface area contributed by atoms with E-state index in [-0.39, 0.29) is 0 Å². The topological polar surface area (TPSA) is 24.9 Å². The molecule has 0 spiro atoms. The van der Waals surface area contributed by atoms with Crippen LogP contribution in [0.25, 0.3) is 0 Å². The summed E-state index contributed by atoms with van der Waals surface area (Å²) in [5.41, 5.74) is 1.16. The van der Waals surface area contributed by atoms with Crippen molar-refractivity contribution in [3.8, 4) is 0 Å². The Hall–Kier alpha value is -0.410. The zero-order valence-electron chi connectivity index (χ0n) is 12.2. The maximum absolute atomic E-state index is 4.64. The van der Waals surface area contributed by atoms with Crippen LogP contribution < -0.4 is 5.32 Å². The quantitative estimate of drug-likeness (QED) is 0.613. The fraction of sp³-hybridized carbons (Fsp3) is 0.800. The van der Waals surface area contributed by atoms with Gasteiger partial charge >= 0.3 is 0 Å². The van der Waals surface area contributed by atoms with Crippen LogP contribution in [0.2, 0.25) is 0 Å².